The smallest absolute Gasteiger partial charge is 0.371 e. The molecule has 0 spiro atoms. The zero-order valence-electron chi connectivity index (χ0n) is 10.5. The first-order valence-electron chi connectivity index (χ1n) is 5.32. The topological polar surface area (TPSA) is 175 Å². The first-order chi connectivity index (χ1) is 10.2. The van der Waals surface area contributed by atoms with Gasteiger partial charge in [-0.05, 0) is 0 Å². The van der Waals surface area contributed by atoms with Gasteiger partial charge in [0, 0.05) is 12.1 Å². The van der Waals surface area contributed by atoms with Crippen molar-refractivity contribution >= 4 is 23.9 Å². The summed E-state index contributed by atoms with van der Waals surface area (Å²) in [5.41, 5.74) is -0.329. The Morgan fingerprint density at radius 1 is 0.636 bits per heavy atom. The molecule has 116 valence electrons. The van der Waals surface area contributed by atoms with E-state index in [2.05, 4.69) is 8.83 Å². The van der Waals surface area contributed by atoms with E-state index in [1.54, 1.807) is 0 Å². The van der Waals surface area contributed by atoms with E-state index in [0.717, 1.165) is 24.7 Å². The van der Waals surface area contributed by atoms with Crippen molar-refractivity contribution in [3.63, 3.8) is 0 Å². The van der Waals surface area contributed by atoms with Crippen LogP contribution < -0.4 is 0 Å². The monoisotopic (exact) mass is 312 g/mol. The SMILES string of the molecule is O=C(O)c1coc(C(=O)O)c1.O=C(O)c1coc(C(=O)O)c1. The van der Waals surface area contributed by atoms with Crippen molar-refractivity contribution in [2.24, 2.45) is 0 Å². The van der Waals surface area contributed by atoms with Gasteiger partial charge in [-0.3, -0.25) is 0 Å². The molecule has 0 amide bonds. The Morgan fingerprint density at radius 3 is 1.09 bits per heavy atom. The number of carboxylic acids is 4. The Hall–Kier alpha value is -3.56. The molecule has 22 heavy (non-hydrogen) atoms. The fourth-order valence-electron chi connectivity index (χ4n) is 1.12. The Kier molecular flexibility index (Phi) is 5.06. The van der Waals surface area contributed by atoms with E-state index in [1.165, 1.54) is 0 Å². The molecule has 0 fully saturated rings. The lowest BCUT2D eigenvalue weighted by Crippen LogP contribution is -1.94. The number of furan rings is 2. The molecule has 2 heterocycles. The number of hydrogen-bond acceptors (Lipinski definition) is 6. The third-order valence-electron chi connectivity index (χ3n) is 2.11. The lowest BCUT2D eigenvalue weighted by Gasteiger charge is -1.80. The molecule has 0 saturated heterocycles. The van der Waals surface area contributed by atoms with Gasteiger partial charge in [0.05, 0.1) is 11.1 Å². The molecule has 10 heteroatoms. The summed E-state index contributed by atoms with van der Waals surface area (Å²) in [5.74, 6) is -5.72. The summed E-state index contributed by atoms with van der Waals surface area (Å²) in [6, 6.07) is 1.90. The van der Waals surface area contributed by atoms with Crippen molar-refractivity contribution < 1.29 is 48.4 Å². The predicted molar refractivity (Wildman–Crippen MR) is 65.3 cm³/mol. The second-order valence-corrected chi connectivity index (χ2v) is 3.62. The number of rotatable bonds is 4. The van der Waals surface area contributed by atoms with E-state index in [-0.39, 0.29) is 22.6 Å². The maximum absolute atomic E-state index is 10.2. The van der Waals surface area contributed by atoms with Crippen LogP contribution in [0.1, 0.15) is 41.8 Å². The van der Waals surface area contributed by atoms with Gasteiger partial charge >= 0.3 is 23.9 Å². The Morgan fingerprint density at radius 2 is 0.955 bits per heavy atom. The minimum atomic E-state index is -1.28. The predicted octanol–water partition coefficient (Wildman–Crippen LogP) is 1.35. The van der Waals surface area contributed by atoms with E-state index >= 15 is 0 Å². The fraction of sp³-hybridized carbons (Fsp3) is 0. The highest BCUT2D eigenvalue weighted by Gasteiger charge is 2.13. The number of aromatic carboxylic acids is 4. The zero-order chi connectivity index (χ0) is 16.9. The summed E-state index contributed by atoms with van der Waals surface area (Å²) in [4.78, 5) is 40.7. The normalized spacial score (nSPS) is 9.45. The Labute approximate surface area is 120 Å². The first kappa shape index (κ1) is 16.5. The van der Waals surface area contributed by atoms with Crippen LogP contribution in [0.15, 0.2) is 33.5 Å². The molecule has 0 radical (unpaired) electrons. The van der Waals surface area contributed by atoms with Gasteiger partial charge in [-0.1, -0.05) is 0 Å². The van der Waals surface area contributed by atoms with E-state index in [0.29, 0.717) is 0 Å². The second-order valence-electron chi connectivity index (χ2n) is 3.62. The van der Waals surface area contributed by atoms with Gasteiger partial charge in [0.1, 0.15) is 12.5 Å². The lowest BCUT2D eigenvalue weighted by molar-refractivity contribution is 0.0652. The van der Waals surface area contributed by atoms with E-state index in [1.807, 2.05) is 0 Å². The van der Waals surface area contributed by atoms with Crippen LogP contribution >= 0.6 is 0 Å². The molecule has 0 aliphatic rings. The van der Waals surface area contributed by atoms with Crippen LogP contribution in [0.3, 0.4) is 0 Å². The highest BCUT2D eigenvalue weighted by atomic mass is 16.4. The summed E-state index contributed by atoms with van der Waals surface area (Å²) in [5, 5.41) is 33.2. The molecule has 0 aliphatic carbocycles. The number of carboxylic acid groups (broad SMARTS) is 4. The van der Waals surface area contributed by atoms with Gasteiger partial charge in [-0.2, -0.15) is 0 Å². The molecular formula is C12H8O10. The average Bonchev–Trinajstić information content (AvgIpc) is 3.09. The van der Waals surface area contributed by atoms with Crippen LogP contribution in [0.25, 0.3) is 0 Å². The molecule has 0 atom stereocenters. The van der Waals surface area contributed by atoms with Crippen LogP contribution in [0.5, 0.6) is 0 Å². The maximum Gasteiger partial charge on any atom is 0.371 e. The van der Waals surface area contributed by atoms with Gasteiger partial charge in [0.15, 0.2) is 0 Å². The molecule has 2 aromatic heterocycles. The zero-order valence-corrected chi connectivity index (χ0v) is 10.5. The van der Waals surface area contributed by atoms with Crippen molar-refractivity contribution in [2.45, 2.75) is 0 Å². The van der Waals surface area contributed by atoms with Crippen molar-refractivity contribution in [2.75, 3.05) is 0 Å². The lowest BCUT2D eigenvalue weighted by atomic mass is 10.3. The van der Waals surface area contributed by atoms with Gasteiger partial charge < -0.3 is 29.3 Å². The molecule has 4 N–H and O–H groups in total. The van der Waals surface area contributed by atoms with E-state index < -0.39 is 23.9 Å². The standard InChI is InChI=1S/2C6H4O5/c2*7-5(8)3-1-4(6(9)10)11-2-3/h2*1-2H,(H,7,8)(H,9,10). The van der Waals surface area contributed by atoms with Crippen LogP contribution in [-0.4, -0.2) is 44.3 Å². The third kappa shape index (κ3) is 4.23. The minimum absolute atomic E-state index is 0.164. The average molecular weight is 312 g/mol. The van der Waals surface area contributed by atoms with Gasteiger partial charge in [-0.15, -0.1) is 0 Å². The first-order valence-corrected chi connectivity index (χ1v) is 5.32. The van der Waals surface area contributed by atoms with Crippen molar-refractivity contribution in [3.8, 4) is 0 Å². The van der Waals surface area contributed by atoms with Crippen molar-refractivity contribution in [1.82, 2.24) is 0 Å². The summed E-state index contributed by atoms with van der Waals surface area (Å²) in [6.07, 6.45) is 1.76. The highest BCUT2D eigenvalue weighted by Crippen LogP contribution is 2.07. The van der Waals surface area contributed by atoms with Gasteiger partial charge in [0.25, 0.3) is 0 Å². The number of carbonyl (C=O) groups is 4. The van der Waals surface area contributed by atoms with E-state index in [9.17, 15) is 19.2 Å². The molecule has 0 bridgehead atoms. The van der Waals surface area contributed by atoms with Crippen LogP contribution in [0.4, 0.5) is 0 Å². The summed E-state index contributed by atoms with van der Waals surface area (Å²) >= 11 is 0. The molecule has 2 aromatic rings. The van der Waals surface area contributed by atoms with Crippen LogP contribution in [0.2, 0.25) is 0 Å². The Balaban J connectivity index is 0.000000220. The van der Waals surface area contributed by atoms with Crippen molar-refractivity contribution in [1.29, 1.82) is 0 Å². The second kappa shape index (κ2) is 6.74. The quantitative estimate of drug-likeness (QED) is 0.644. The molecule has 2 rings (SSSR count). The van der Waals surface area contributed by atoms with Crippen molar-refractivity contribution in [3.05, 3.63) is 47.3 Å². The van der Waals surface area contributed by atoms with Crippen LogP contribution in [-0.2, 0) is 0 Å². The fourth-order valence-corrected chi connectivity index (χ4v) is 1.12. The maximum atomic E-state index is 10.2. The minimum Gasteiger partial charge on any atom is -0.478 e. The Bertz CT molecular complexity index is 601. The molecule has 0 aliphatic heterocycles. The number of hydrogen-bond donors (Lipinski definition) is 4. The van der Waals surface area contributed by atoms with Gasteiger partial charge in [-0.25, -0.2) is 19.2 Å². The van der Waals surface area contributed by atoms with Crippen LogP contribution in [0, 0.1) is 0 Å². The third-order valence-corrected chi connectivity index (χ3v) is 2.11. The summed E-state index contributed by atoms with van der Waals surface area (Å²) < 4.78 is 8.81. The van der Waals surface area contributed by atoms with Gasteiger partial charge in [0.2, 0.25) is 11.5 Å². The van der Waals surface area contributed by atoms with E-state index in [4.69, 9.17) is 20.4 Å². The summed E-state index contributed by atoms with van der Waals surface area (Å²) in [7, 11) is 0. The molecule has 0 saturated carbocycles. The molecular weight excluding hydrogens is 304 g/mol. The molecule has 0 unspecified atom stereocenters. The highest BCUT2D eigenvalue weighted by molar-refractivity contribution is 5.92. The summed E-state index contributed by atoms with van der Waals surface area (Å²) in [6.45, 7) is 0. The molecule has 10 nitrogen and oxygen atoms in total. The molecule has 0 aromatic carbocycles. The largest absolute Gasteiger partial charge is 0.478 e.